The van der Waals surface area contributed by atoms with Crippen LogP contribution in [0.15, 0.2) is 47.7 Å². The molecule has 0 saturated carbocycles. The molecule has 0 spiro atoms. The van der Waals surface area contributed by atoms with Crippen LogP contribution in [-0.2, 0) is 6.54 Å². The van der Waals surface area contributed by atoms with Crippen molar-refractivity contribution in [3.8, 4) is 5.69 Å². The largest absolute Gasteiger partial charge is 0.357 e. The van der Waals surface area contributed by atoms with E-state index in [0.29, 0.717) is 6.54 Å². The summed E-state index contributed by atoms with van der Waals surface area (Å²) in [5.41, 5.74) is 2.23. The van der Waals surface area contributed by atoms with Crippen LogP contribution in [0.1, 0.15) is 19.4 Å². The van der Waals surface area contributed by atoms with E-state index in [1.807, 2.05) is 16.9 Å². The topological polar surface area (TPSA) is 54.2 Å². The Balaban J connectivity index is 0.00000220. The number of rotatable bonds is 5. The van der Waals surface area contributed by atoms with Gasteiger partial charge in [-0.2, -0.15) is 5.10 Å². The maximum absolute atomic E-state index is 4.54. The van der Waals surface area contributed by atoms with Gasteiger partial charge in [0.2, 0.25) is 0 Å². The molecular formula is C15H22IN5. The van der Waals surface area contributed by atoms with E-state index < -0.39 is 0 Å². The minimum Gasteiger partial charge on any atom is -0.357 e. The van der Waals surface area contributed by atoms with Crippen LogP contribution in [0.3, 0.4) is 0 Å². The van der Waals surface area contributed by atoms with E-state index >= 15 is 0 Å². The molecule has 0 amide bonds. The first-order chi connectivity index (χ1) is 9.83. The lowest BCUT2D eigenvalue weighted by atomic mass is 10.2. The molecule has 1 heterocycles. The Kier molecular flexibility index (Phi) is 7.81. The SMILES string of the molecule is CCNC(=NCc1ccc(-n2cccn2)cc1)NCC.I. The number of aromatic nitrogens is 2. The first-order valence-corrected chi connectivity index (χ1v) is 6.94. The zero-order valence-electron chi connectivity index (χ0n) is 12.4. The van der Waals surface area contributed by atoms with Crippen molar-refractivity contribution in [2.75, 3.05) is 13.1 Å². The highest BCUT2D eigenvalue weighted by molar-refractivity contribution is 14.0. The number of hydrogen-bond acceptors (Lipinski definition) is 2. The van der Waals surface area contributed by atoms with Gasteiger partial charge in [0, 0.05) is 25.5 Å². The van der Waals surface area contributed by atoms with Crippen LogP contribution in [0.4, 0.5) is 0 Å². The molecule has 2 aromatic rings. The fourth-order valence-electron chi connectivity index (χ4n) is 1.86. The Morgan fingerprint density at radius 2 is 1.81 bits per heavy atom. The first kappa shape index (κ1) is 17.5. The van der Waals surface area contributed by atoms with Gasteiger partial charge in [0.25, 0.3) is 0 Å². The molecular weight excluding hydrogens is 377 g/mol. The summed E-state index contributed by atoms with van der Waals surface area (Å²) in [4.78, 5) is 4.54. The average molecular weight is 399 g/mol. The Morgan fingerprint density at radius 1 is 1.14 bits per heavy atom. The van der Waals surface area contributed by atoms with Crippen molar-refractivity contribution in [2.45, 2.75) is 20.4 Å². The van der Waals surface area contributed by atoms with Gasteiger partial charge in [0.1, 0.15) is 0 Å². The van der Waals surface area contributed by atoms with E-state index in [2.05, 4.69) is 58.8 Å². The van der Waals surface area contributed by atoms with Crippen molar-refractivity contribution in [3.63, 3.8) is 0 Å². The molecule has 0 radical (unpaired) electrons. The van der Waals surface area contributed by atoms with Crippen LogP contribution in [0.2, 0.25) is 0 Å². The molecule has 21 heavy (non-hydrogen) atoms. The summed E-state index contributed by atoms with van der Waals surface area (Å²) in [6.07, 6.45) is 3.71. The average Bonchev–Trinajstić information content (AvgIpc) is 3.00. The highest BCUT2D eigenvalue weighted by Crippen LogP contribution is 2.09. The Labute approximate surface area is 142 Å². The summed E-state index contributed by atoms with van der Waals surface area (Å²) in [5.74, 6) is 0.853. The summed E-state index contributed by atoms with van der Waals surface area (Å²) >= 11 is 0. The number of hydrogen-bond donors (Lipinski definition) is 2. The van der Waals surface area contributed by atoms with Crippen molar-refractivity contribution >= 4 is 29.9 Å². The lowest BCUT2D eigenvalue weighted by Crippen LogP contribution is -2.36. The fourth-order valence-corrected chi connectivity index (χ4v) is 1.86. The lowest BCUT2D eigenvalue weighted by molar-refractivity contribution is 0.838. The fraction of sp³-hybridized carbons (Fsp3) is 0.333. The molecule has 0 aliphatic carbocycles. The maximum atomic E-state index is 4.54. The number of halogens is 1. The molecule has 0 saturated heterocycles. The number of benzene rings is 1. The van der Waals surface area contributed by atoms with Gasteiger partial charge < -0.3 is 10.6 Å². The summed E-state index contributed by atoms with van der Waals surface area (Å²) in [6, 6.07) is 10.2. The van der Waals surface area contributed by atoms with Gasteiger partial charge in [-0.1, -0.05) is 12.1 Å². The molecule has 0 bridgehead atoms. The van der Waals surface area contributed by atoms with Crippen molar-refractivity contribution < 1.29 is 0 Å². The maximum Gasteiger partial charge on any atom is 0.191 e. The zero-order chi connectivity index (χ0) is 14.2. The molecule has 0 aliphatic heterocycles. The van der Waals surface area contributed by atoms with Gasteiger partial charge in [0.05, 0.1) is 12.2 Å². The Bertz CT molecular complexity index is 526. The molecule has 2 rings (SSSR count). The van der Waals surface area contributed by atoms with Crippen molar-refractivity contribution in [2.24, 2.45) is 4.99 Å². The van der Waals surface area contributed by atoms with Crippen LogP contribution in [-0.4, -0.2) is 28.8 Å². The molecule has 6 heteroatoms. The summed E-state index contributed by atoms with van der Waals surface area (Å²) in [7, 11) is 0. The van der Waals surface area contributed by atoms with E-state index in [1.165, 1.54) is 5.56 Å². The molecule has 2 N–H and O–H groups in total. The predicted octanol–water partition coefficient (Wildman–Crippen LogP) is 2.57. The number of aliphatic imine (C=N–C) groups is 1. The first-order valence-electron chi connectivity index (χ1n) is 6.94. The van der Waals surface area contributed by atoms with Gasteiger partial charge >= 0.3 is 0 Å². The van der Waals surface area contributed by atoms with Gasteiger partial charge in [-0.3, -0.25) is 0 Å². The molecule has 114 valence electrons. The Hall–Kier alpha value is -1.57. The third-order valence-electron chi connectivity index (χ3n) is 2.81. The predicted molar refractivity (Wildman–Crippen MR) is 97.5 cm³/mol. The molecule has 1 aromatic carbocycles. The van der Waals surface area contributed by atoms with E-state index in [1.54, 1.807) is 6.20 Å². The smallest absolute Gasteiger partial charge is 0.191 e. The molecule has 0 atom stereocenters. The molecule has 0 aliphatic rings. The van der Waals surface area contributed by atoms with E-state index in [4.69, 9.17) is 0 Å². The third kappa shape index (κ3) is 5.37. The Morgan fingerprint density at radius 3 is 2.33 bits per heavy atom. The van der Waals surface area contributed by atoms with E-state index in [-0.39, 0.29) is 24.0 Å². The quantitative estimate of drug-likeness (QED) is 0.462. The van der Waals surface area contributed by atoms with E-state index in [9.17, 15) is 0 Å². The molecule has 1 aromatic heterocycles. The standard InChI is InChI=1S/C15H21N5.HI/c1-3-16-15(17-4-2)18-12-13-6-8-14(9-7-13)20-11-5-10-19-20;/h5-11H,3-4,12H2,1-2H3,(H2,16,17,18);1H. The lowest BCUT2D eigenvalue weighted by Gasteiger charge is -2.09. The van der Waals surface area contributed by atoms with Gasteiger partial charge in [0.15, 0.2) is 5.96 Å². The van der Waals surface area contributed by atoms with E-state index in [0.717, 1.165) is 24.7 Å². The van der Waals surface area contributed by atoms with Crippen molar-refractivity contribution in [1.29, 1.82) is 0 Å². The van der Waals surface area contributed by atoms with Crippen LogP contribution < -0.4 is 10.6 Å². The second-order valence-corrected chi connectivity index (χ2v) is 4.34. The second-order valence-electron chi connectivity index (χ2n) is 4.34. The zero-order valence-corrected chi connectivity index (χ0v) is 14.7. The minimum absolute atomic E-state index is 0. The summed E-state index contributed by atoms with van der Waals surface area (Å²) in [6.45, 7) is 6.51. The number of guanidine groups is 1. The normalized spacial score (nSPS) is 9.62. The number of nitrogens with zero attached hydrogens (tertiary/aromatic N) is 3. The highest BCUT2D eigenvalue weighted by Gasteiger charge is 1.98. The highest BCUT2D eigenvalue weighted by atomic mass is 127. The van der Waals surface area contributed by atoms with Crippen molar-refractivity contribution in [1.82, 2.24) is 20.4 Å². The monoisotopic (exact) mass is 399 g/mol. The number of nitrogens with one attached hydrogen (secondary N) is 2. The van der Waals surface area contributed by atoms with Crippen molar-refractivity contribution in [3.05, 3.63) is 48.3 Å². The summed E-state index contributed by atoms with van der Waals surface area (Å²) < 4.78 is 1.84. The molecule has 5 nitrogen and oxygen atoms in total. The molecule has 0 fully saturated rings. The summed E-state index contributed by atoms with van der Waals surface area (Å²) in [5, 5.41) is 10.6. The van der Waals surface area contributed by atoms with Gasteiger partial charge in [-0.25, -0.2) is 9.67 Å². The van der Waals surface area contributed by atoms with Crippen LogP contribution >= 0.6 is 24.0 Å². The van der Waals surface area contributed by atoms with Gasteiger partial charge in [-0.15, -0.1) is 24.0 Å². The molecule has 0 unspecified atom stereocenters. The van der Waals surface area contributed by atoms with Crippen LogP contribution in [0.25, 0.3) is 5.69 Å². The third-order valence-corrected chi connectivity index (χ3v) is 2.81. The van der Waals surface area contributed by atoms with Gasteiger partial charge in [-0.05, 0) is 37.6 Å². The minimum atomic E-state index is 0. The second kappa shape index (κ2) is 9.38. The van der Waals surface area contributed by atoms with Crippen LogP contribution in [0.5, 0.6) is 0 Å². The van der Waals surface area contributed by atoms with Crippen LogP contribution in [0, 0.1) is 0 Å².